The molecule has 2 heterocycles. The van der Waals surface area contributed by atoms with E-state index in [1.54, 1.807) is 0 Å². The highest BCUT2D eigenvalue weighted by molar-refractivity contribution is 7.79. The smallest absolute Gasteiger partial charge is 0.391 e. The molecule has 0 saturated heterocycles. The van der Waals surface area contributed by atoms with E-state index in [1.165, 1.54) is 0 Å². The van der Waals surface area contributed by atoms with Gasteiger partial charge < -0.3 is 22.9 Å². The number of hydrogen-bond acceptors (Lipinski definition) is 10. The van der Waals surface area contributed by atoms with Crippen LogP contribution < -0.4 is 45.4 Å². The summed E-state index contributed by atoms with van der Waals surface area (Å²) >= 11 is 0. The molecule has 0 saturated carbocycles. The summed E-state index contributed by atoms with van der Waals surface area (Å²) in [6.45, 7) is 0. The second-order valence-corrected chi connectivity index (χ2v) is 4.81. The van der Waals surface area contributed by atoms with Gasteiger partial charge in [0.2, 0.25) is 0 Å². The maximum atomic E-state index is 10.6. The minimum Gasteiger partial charge on any atom is -0.391 e. The molecule has 2 aromatic heterocycles. The quantitative estimate of drug-likeness (QED) is 0.194. The van der Waals surface area contributed by atoms with Crippen LogP contribution in [-0.4, -0.2) is 37.5 Å². The van der Waals surface area contributed by atoms with Crippen molar-refractivity contribution in [3.8, 4) is 0 Å². The zero-order valence-corrected chi connectivity index (χ0v) is 12.9. The number of nitrogens with two attached hydrogens (primary N) is 4. The fourth-order valence-electron chi connectivity index (χ4n) is 1.03. The molecule has 14 N–H and O–H groups in total. The van der Waals surface area contributed by atoms with Crippen LogP contribution >= 0.6 is 0 Å². The number of rotatable bonds is 0. The van der Waals surface area contributed by atoms with E-state index in [-0.39, 0.29) is 23.0 Å². The maximum absolute atomic E-state index is 10.6. The van der Waals surface area contributed by atoms with Crippen molar-refractivity contribution in [3.63, 3.8) is 0 Å². The Morgan fingerprint density at radius 3 is 1.08 bits per heavy atom. The average molecular weight is 382 g/mol. The van der Waals surface area contributed by atoms with Gasteiger partial charge in [-0.3, -0.25) is 38.6 Å². The largest absolute Gasteiger partial charge is 0.394 e. The highest BCUT2D eigenvalue weighted by Gasteiger charge is 1.99. The summed E-state index contributed by atoms with van der Waals surface area (Å²) in [5, 5.41) is 0. The number of nitrogen functional groups attached to an aromatic ring is 4. The lowest BCUT2D eigenvalue weighted by Gasteiger charge is -1.93. The van der Waals surface area contributed by atoms with Crippen molar-refractivity contribution < 1.29 is 17.5 Å². The van der Waals surface area contributed by atoms with Crippen LogP contribution in [0.2, 0.25) is 0 Å². The lowest BCUT2D eigenvalue weighted by atomic mass is 10.5. The monoisotopic (exact) mass is 382 g/mol. The topological polar surface area (TPSA) is 310 Å². The first-order valence-corrected chi connectivity index (χ1v) is 7.07. The molecule has 25 heavy (non-hydrogen) atoms. The number of H-pyrrole nitrogens is 4. The van der Waals surface area contributed by atoms with E-state index in [9.17, 15) is 19.2 Å². The maximum Gasteiger partial charge on any atom is 0.394 e. The van der Waals surface area contributed by atoms with Crippen LogP contribution in [0.3, 0.4) is 0 Å². The van der Waals surface area contributed by atoms with Crippen molar-refractivity contribution in [2.75, 3.05) is 22.9 Å². The highest BCUT2D eigenvalue weighted by Crippen LogP contribution is 1.96. The predicted molar refractivity (Wildman–Crippen MR) is 87.2 cm³/mol. The van der Waals surface area contributed by atoms with Crippen LogP contribution in [0.15, 0.2) is 19.2 Å². The lowest BCUT2D eigenvalue weighted by molar-refractivity contribution is 0.381. The summed E-state index contributed by atoms with van der Waals surface area (Å²) < 4.78 is 31.6. The van der Waals surface area contributed by atoms with Gasteiger partial charge in [-0.15, -0.1) is 0 Å². The molecule has 0 aliphatic rings. The van der Waals surface area contributed by atoms with Crippen molar-refractivity contribution in [1.82, 2.24) is 19.9 Å². The molecule has 0 amide bonds. The van der Waals surface area contributed by atoms with Gasteiger partial charge in [0.15, 0.2) is 0 Å². The van der Waals surface area contributed by atoms with Crippen LogP contribution in [0.5, 0.6) is 0 Å². The van der Waals surface area contributed by atoms with Crippen molar-refractivity contribution in [2.24, 2.45) is 0 Å². The molecule has 140 valence electrons. The minimum atomic E-state index is -4.67. The summed E-state index contributed by atoms with van der Waals surface area (Å²) in [5.41, 5.74) is 17.5. The minimum absolute atomic E-state index is 0.103. The molecule has 17 heteroatoms. The van der Waals surface area contributed by atoms with Gasteiger partial charge in [0.25, 0.3) is 11.1 Å². The fourth-order valence-corrected chi connectivity index (χ4v) is 1.03. The van der Waals surface area contributed by atoms with E-state index in [1.807, 2.05) is 9.97 Å². The normalized spacial score (nSPS) is 10.0. The molecule has 0 spiro atoms. The third-order valence-corrected chi connectivity index (χ3v) is 2.02. The Morgan fingerprint density at radius 1 is 0.640 bits per heavy atom. The molecule has 0 atom stereocenters. The molecule has 0 unspecified atom stereocenters. The van der Waals surface area contributed by atoms with Gasteiger partial charge >= 0.3 is 21.8 Å². The van der Waals surface area contributed by atoms with Gasteiger partial charge in [0.1, 0.15) is 23.0 Å². The molecular formula is C8H14N8O8S. The Balaban J connectivity index is 0.000000368. The van der Waals surface area contributed by atoms with Crippen LogP contribution in [-0.2, 0) is 10.4 Å². The van der Waals surface area contributed by atoms with Crippen molar-refractivity contribution in [2.45, 2.75) is 0 Å². The molecule has 0 bridgehead atoms. The van der Waals surface area contributed by atoms with Gasteiger partial charge in [-0.25, -0.2) is 9.59 Å². The molecule has 2 rings (SSSR count). The number of anilines is 4. The van der Waals surface area contributed by atoms with E-state index in [0.29, 0.717) is 0 Å². The van der Waals surface area contributed by atoms with E-state index < -0.39 is 32.9 Å². The SMILES string of the molecule is Nc1[nH]c(=O)[nH]c(=O)c1N.Nc1[nH]c(=O)[nH]c(=O)c1N.O=S(=O)(O)O. The molecular weight excluding hydrogens is 368 g/mol. The Hall–Kier alpha value is -3.57. The first-order valence-electron chi connectivity index (χ1n) is 5.67. The van der Waals surface area contributed by atoms with Crippen molar-refractivity contribution in [1.29, 1.82) is 0 Å². The molecule has 0 radical (unpaired) electrons. The van der Waals surface area contributed by atoms with Gasteiger partial charge in [-0.2, -0.15) is 8.42 Å². The summed E-state index contributed by atoms with van der Waals surface area (Å²) in [5.74, 6) is -0.206. The predicted octanol–water partition coefficient (Wildman–Crippen LogP) is -4.20. The molecule has 0 aliphatic heterocycles. The Labute approximate surface area is 136 Å². The molecule has 2 aromatic rings. The Morgan fingerprint density at radius 2 is 0.880 bits per heavy atom. The van der Waals surface area contributed by atoms with E-state index >= 15 is 0 Å². The molecule has 16 nitrogen and oxygen atoms in total. The van der Waals surface area contributed by atoms with Gasteiger partial charge in [0, 0.05) is 0 Å². The lowest BCUT2D eigenvalue weighted by Crippen LogP contribution is -2.26. The molecule has 0 aliphatic carbocycles. The van der Waals surface area contributed by atoms with Gasteiger partial charge in [0.05, 0.1) is 0 Å². The van der Waals surface area contributed by atoms with Gasteiger partial charge in [-0.1, -0.05) is 0 Å². The Bertz CT molecular complexity index is 982. The molecule has 0 aromatic carbocycles. The zero-order chi connectivity index (χ0) is 19.9. The summed E-state index contributed by atoms with van der Waals surface area (Å²) in [6, 6.07) is 0. The first-order chi connectivity index (χ1) is 11.2. The van der Waals surface area contributed by atoms with Crippen molar-refractivity contribution in [3.05, 3.63) is 41.7 Å². The fraction of sp³-hybridized carbons (Fsp3) is 0. The number of aromatic nitrogens is 4. The van der Waals surface area contributed by atoms with Crippen LogP contribution in [0.1, 0.15) is 0 Å². The number of nitrogens with one attached hydrogen (secondary N) is 4. The third kappa shape index (κ3) is 8.59. The number of hydrogen-bond donors (Lipinski definition) is 10. The van der Waals surface area contributed by atoms with E-state index in [4.69, 9.17) is 40.5 Å². The Kier molecular flexibility index (Phi) is 7.14. The summed E-state index contributed by atoms with van der Waals surface area (Å²) in [7, 11) is -4.67. The highest BCUT2D eigenvalue weighted by atomic mass is 32.3. The van der Waals surface area contributed by atoms with Crippen LogP contribution in [0.25, 0.3) is 0 Å². The standard InChI is InChI=1S/2C4H6N4O2.H2O4S/c2*5-1-2(6)7-4(10)8-3(1)9;1-5(2,3)4/h2*5H2,(H4,6,7,8,9,10);(H2,1,2,3,4). The third-order valence-electron chi connectivity index (χ3n) is 2.02. The van der Waals surface area contributed by atoms with Crippen molar-refractivity contribution >= 4 is 33.4 Å². The second kappa shape index (κ2) is 8.33. The molecule has 0 fully saturated rings. The first kappa shape index (κ1) is 21.4. The van der Waals surface area contributed by atoms with E-state index in [2.05, 4.69) is 9.97 Å². The zero-order valence-electron chi connectivity index (χ0n) is 12.1. The van der Waals surface area contributed by atoms with Gasteiger partial charge in [-0.05, 0) is 0 Å². The van der Waals surface area contributed by atoms with E-state index in [0.717, 1.165) is 0 Å². The second-order valence-electron chi connectivity index (χ2n) is 3.92. The number of aromatic amines is 4. The van der Waals surface area contributed by atoms with Crippen LogP contribution in [0, 0.1) is 0 Å². The van der Waals surface area contributed by atoms with Crippen LogP contribution in [0.4, 0.5) is 23.0 Å². The summed E-state index contributed by atoms with van der Waals surface area (Å²) in [6.07, 6.45) is 0. The summed E-state index contributed by atoms with van der Waals surface area (Å²) in [4.78, 5) is 50.1. The average Bonchev–Trinajstić information content (AvgIpc) is 2.40.